The zero-order valence-electron chi connectivity index (χ0n) is 7.08. The highest BCUT2D eigenvalue weighted by Gasteiger charge is 1.84. The van der Waals surface area contributed by atoms with Gasteiger partial charge in [-0.05, 0) is 18.6 Å². The van der Waals surface area contributed by atoms with Crippen LogP contribution in [-0.2, 0) is 16.8 Å². The van der Waals surface area contributed by atoms with Crippen molar-refractivity contribution in [2.45, 2.75) is 13.3 Å². The van der Waals surface area contributed by atoms with Gasteiger partial charge in [0.05, 0.1) is 0 Å². The van der Waals surface area contributed by atoms with E-state index in [-0.39, 0.29) is 0 Å². The second-order valence-electron chi connectivity index (χ2n) is 2.12. The summed E-state index contributed by atoms with van der Waals surface area (Å²) in [6, 6.07) is 5.96. The van der Waals surface area contributed by atoms with Crippen molar-refractivity contribution in [1.29, 1.82) is 0 Å². The molecular formula is C7H11NO4S. The standard InChI is InChI=1S/C7H9N.H2O4S/c1-2-7-5-3-4-6-8-7;1-5(2,3)4/h3-6H,2H2,1H3;(H2,1,2,3,4). The summed E-state index contributed by atoms with van der Waals surface area (Å²) < 4.78 is 31.6. The zero-order valence-corrected chi connectivity index (χ0v) is 7.90. The summed E-state index contributed by atoms with van der Waals surface area (Å²) in [4.78, 5) is 4.10. The first-order valence-corrected chi connectivity index (χ1v) is 4.93. The zero-order chi connectivity index (χ0) is 10.3. The van der Waals surface area contributed by atoms with Gasteiger partial charge in [0.25, 0.3) is 0 Å². The maximum absolute atomic E-state index is 8.74. The van der Waals surface area contributed by atoms with Crippen LogP contribution in [-0.4, -0.2) is 22.5 Å². The third-order valence-corrected chi connectivity index (χ3v) is 1.09. The van der Waals surface area contributed by atoms with E-state index in [0.29, 0.717) is 0 Å². The number of hydrogen-bond donors (Lipinski definition) is 2. The van der Waals surface area contributed by atoms with E-state index in [1.807, 2.05) is 24.4 Å². The Morgan fingerprint density at radius 3 is 2.15 bits per heavy atom. The number of hydrogen-bond acceptors (Lipinski definition) is 3. The number of rotatable bonds is 1. The van der Waals surface area contributed by atoms with Crippen molar-refractivity contribution < 1.29 is 17.5 Å². The molecule has 0 spiro atoms. The Morgan fingerprint density at radius 1 is 1.38 bits per heavy atom. The molecule has 1 heterocycles. The van der Waals surface area contributed by atoms with Crippen molar-refractivity contribution in [2.24, 2.45) is 0 Å². The molecule has 0 fully saturated rings. The van der Waals surface area contributed by atoms with Crippen LogP contribution in [0.3, 0.4) is 0 Å². The summed E-state index contributed by atoms with van der Waals surface area (Å²) in [7, 11) is -4.67. The fourth-order valence-corrected chi connectivity index (χ4v) is 0.607. The molecule has 0 aliphatic heterocycles. The fourth-order valence-electron chi connectivity index (χ4n) is 0.607. The van der Waals surface area contributed by atoms with E-state index in [2.05, 4.69) is 11.9 Å². The predicted molar refractivity (Wildman–Crippen MR) is 47.8 cm³/mol. The molecule has 0 atom stereocenters. The lowest BCUT2D eigenvalue weighted by Crippen LogP contribution is -1.89. The average Bonchev–Trinajstić information content (AvgIpc) is 2.03. The molecule has 0 amide bonds. The molecule has 0 aliphatic rings. The van der Waals surface area contributed by atoms with Crippen molar-refractivity contribution in [1.82, 2.24) is 4.98 Å². The maximum Gasteiger partial charge on any atom is 0.394 e. The van der Waals surface area contributed by atoms with Crippen molar-refractivity contribution >= 4 is 10.4 Å². The lowest BCUT2D eigenvalue weighted by molar-refractivity contribution is 0.381. The van der Waals surface area contributed by atoms with Crippen LogP contribution in [0.5, 0.6) is 0 Å². The highest BCUT2D eigenvalue weighted by atomic mass is 32.3. The van der Waals surface area contributed by atoms with Crippen molar-refractivity contribution in [3.8, 4) is 0 Å². The molecule has 74 valence electrons. The van der Waals surface area contributed by atoms with Gasteiger partial charge < -0.3 is 0 Å². The normalized spacial score (nSPS) is 10.1. The molecule has 2 N–H and O–H groups in total. The molecule has 13 heavy (non-hydrogen) atoms. The van der Waals surface area contributed by atoms with Crippen molar-refractivity contribution in [3.05, 3.63) is 30.1 Å². The van der Waals surface area contributed by atoms with E-state index in [1.165, 1.54) is 0 Å². The second kappa shape index (κ2) is 5.63. The summed E-state index contributed by atoms with van der Waals surface area (Å²) in [6.45, 7) is 2.10. The van der Waals surface area contributed by atoms with Gasteiger partial charge in [0.15, 0.2) is 0 Å². The van der Waals surface area contributed by atoms with E-state index in [1.54, 1.807) is 0 Å². The van der Waals surface area contributed by atoms with Crippen LogP contribution < -0.4 is 0 Å². The smallest absolute Gasteiger partial charge is 0.264 e. The second-order valence-corrected chi connectivity index (χ2v) is 3.02. The Morgan fingerprint density at radius 2 is 1.92 bits per heavy atom. The first-order chi connectivity index (χ1) is 5.93. The molecule has 6 heteroatoms. The molecule has 0 unspecified atom stereocenters. The topological polar surface area (TPSA) is 87.5 Å². The molecule has 1 aromatic heterocycles. The van der Waals surface area contributed by atoms with Crippen LogP contribution in [0.25, 0.3) is 0 Å². The third-order valence-electron chi connectivity index (χ3n) is 1.09. The van der Waals surface area contributed by atoms with Gasteiger partial charge in [0.1, 0.15) is 0 Å². The highest BCUT2D eigenvalue weighted by molar-refractivity contribution is 7.79. The fraction of sp³-hybridized carbons (Fsp3) is 0.286. The van der Waals surface area contributed by atoms with Crippen LogP contribution in [0, 0.1) is 0 Å². The van der Waals surface area contributed by atoms with Gasteiger partial charge in [-0.3, -0.25) is 14.1 Å². The van der Waals surface area contributed by atoms with E-state index in [9.17, 15) is 0 Å². The summed E-state index contributed by atoms with van der Waals surface area (Å²) in [5.74, 6) is 0. The Balaban J connectivity index is 0.000000252. The maximum atomic E-state index is 8.74. The van der Waals surface area contributed by atoms with Crippen LogP contribution in [0.4, 0.5) is 0 Å². The minimum absolute atomic E-state index is 1.03. The molecule has 0 saturated carbocycles. The van der Waals surface area contributed by atoms with Crippen LogP contribution in [0.2, 0.25) is 0 Å². The van der Waals surface area contributed by atoms with Gasteiger partial charge in [-0.25, -0.2) is 0 Å². The summed E-state index contributed by atoms with van der Waals surface area (Å²) in [5.41, 5.74) is 1.16. The molecular weight excluding hydrogens is 194 g/mol. The highest BCUT2D eigenvalue weighted by Crippen LogP contribution is 1.91. The Kier molecular flexibility index (Phi) is 5.20. The average molecular weight is 205 g/mol. The minimum atomic E-state index is -4.67. The van der Waals surface area contributed by atoms with Gasteiger partial charge in [-0.2, -0.15) is 8.42 Å². The predicted octanol–water partition coefficient (Wildman–Crippen LogP) is 0.991. The molecule has 0 aromatic carbocycles. The van der Waals surface area contributed by atoms with Gasteiger partial charge in [0, 0.05) is 11.9 Å². The van der Waals surface area contributed by atoms with E-state index >= 15 is 0 Å². The summed E-state index contributed by atoms with van der Waals surface area (Å²) >= 11 is 0. The van der Waals surface area contributed by atoms with Crippen LogP contribution >= 0.6 is 0 Å². The Bertz CT molecular complexity index is 314. The van der Waals surface area contributed by atoms with Gasteiger partial charge in [-0.15, -0.1) is 0 Å². The van der Waals surface area contributed by atoms with Crippen LogP contribution in [0.15, 0.2) is 24.4 Å². The first kappa shape index (κ1) is 12.0. The van der Waals surface area contributed by atoms with Gasteiger partial charge in [-0.1, -0.05) is 13.0 Å². The quantitative estimate of drug-likeness (QED) is 0.667. The lowest BCUT2D eigenvalue weighted by atomic mass is 10.3. The molecule has 1 rings (SSSR count). The summed E-state index contributed by atoms with van der Waals surface area (Å²) in [5, 5.41) is 0. The number of aryl methyl sites for hydroxylation is 1. The Hall–Kier alpha value is -0.980. The molecule has 0 saturated heterocycles. The van der Waals surface area contributed by atoms with Gasteiger partial charge >= 0.3 is 10.4 Å². The minimum Gasteiger partial charge on any atom is -0.264 e. The lowest BCUT2D eigenvalue weighted by Gasteiger charge is -1.88. The number of aromatic nitrogens is 1. The van der Waals surface area contributed by atoms with E-state index < -0.39 is 10.4 Å². The molecule has 1 aromatic rings. The largest absolute Gasteiger partial charge is 0.394 e. The number of pyridine rings is 1. The molecule has 0 aliphatic carbocycles. The molecule has 5 nitrogen and oxygen atoms in total. The van der Waals surface area contributed by atoms with Crippen molar-refractivity contribution in [3.63, 3.8) is 0 Å². The number of nitrogens with zero attached hydrogens (tertiary/aromatic N) is 1. The molecule has 0 radical (unpaired) electrons. The third kappa shape index (κ3) is 11.0. The van der Waals surface area contributed by atoms with Gasteiger partial charge in [0.2, 0.25) is 0 Å². The Labute approximate surface area is 77.0 Å². The first-order valence-electron chi connectivity index (χ1n) is 3.53. The SMILES string of the molecule is CCc1ccccn1.O=S(=O)(O)O. The monoisotopic (exact) mass is 205 g/mol. The van der Waals surface area contributed by atoms with Crippen LogP contribution in [0.1, 0.15) is 12.6 Å². The van der Waals surface area contributed by atoms with Crippen molar-refractivity contribution in [2.75, 3.05) is 0 Å². The summed E-state index contributed by atoms with van der Waals surface area (Å²) in [6.07, 6.45) is 2.85. The van der Waals surface area contributed by atoms with E-state index in [0.717, 1.165) is 12.1 Å². The van der Waals surface area contributed by atoms with E-state index in [4.69, 9.17) is 17.5 Å². The molecule has 0 bridgehead atoms.